The number of aryl methyl sites for hydroxylation is 1. The molecule has 2 aromatic carbocycles. The van der Waals surface area contributed by atoms with Gasteiger partial charge >= 0.3 is 0 Å². The van der Waals surface area contributed by atoms with Gasteiger partial charge in [0, 0.05) is 12.2 Å². The zero-order valence-electron chi connectivity index (χ0n) is 10.9. The Kier molecular flexibility index (Phi) is 3.11. The zero-order chi connectivity index (χ0) is 13.2. The van der Waals surface area contributed by atoms with Gasteiger partial charge in [0.2, 0.25) is 0 Å². The van der Waals surface area contributed by atoms with Crippen molar-refractivity contribution in [2.45, 2.75) is 12.8 Å². The summed E-state index contributed by atoms with van der Waals surface area (Å²) in [4.78, 5) is 0. The highest BCUT2D eigenvalue weighted by molar-refractivity contribution is 5.69. The van der Waals surface area contributed by atoms with Crippen LogP contribution in [0.5, 0.6) is 5.75 Å². The van der Waals surface area contributed by atoms with Crippen LogP contribution in [0.3, 0.4) is 0 Å². The lowest BCUT2D eigenvalue weighted by molar-refractivity contribution is 0.386. The minimum Gasteiger partial charge on any atom is -0.494 e. The smallest absolute Gasteiger partial charge is 0.165 e. The molecule has 1 N–H and O–H groups in total. The maximum Gasteiger partial charge on any atom is 0.165 e. The molecule has 0 bridgehead atoms. The number of fused-ring (bicyclic) bond motifs is 1. The average Bonchev–Trinajstić information content (AvgIpc) is 2.46. The maximum atomic E-state index is 13.7. The van der Waals surface area contributed by atoms with Crippen molar-refractivity contribution in [1.82, 2.24) is 0 Å². The van der Waals surface area contributed by atoms with Crippen LogP contribution in [-0.2, 0) is 6.42 Å². The number of rotatable bonds is 2. The Morgan fingerprint density at radius 2 is 1.89 bits per heavy atom. The van der Waals surface area contributed by atoms with E-state index in [9.17, 15) is 4.39 Å². The van der Waals surface area contributed by atoms with E-state index in [0.29, 0.717) is 0 Å². The molecule has 0 unspecified atom stereocenters. The molecule has 0 radical (unpaired) electrons. The Labute approximate surface area is 112 Å². The maximum absolute atomic E-state index is 13.7. The molecule has 98 valence electrons. The third kappa shape index (κ3) is 2.28. The van der Waals surface area contributed by atoms with E-state index in [1.54, 1.807) is 6.07 Å². The summed E-state index contributed by atoms with van der Waals surface area (Å²) in [5, 5.41) is 3.38. The molecule has 0 fully saturated rings. The van der Waals surface area contributed by atoms with Crippen LogP contribution in [0.15, 0.2) is 36.4 Å². The summed E-state index contributed by atoms with van der Waals surface area (Å²) in [7, 11) is 1.47. The summed E-state index contributed by atoms with van der Waals surface area (Å²) in [5.41, 5.74) is 4.43. The normalized spacial score (nSPS) is 13.6. The molecule has 3 heteroatoms. The number of ether oxygens (including phenoxy) is 1. The minimum atomic E-state index is -0.323. The molecule has 2 aromatic rings. The predicted octanol–water partition coefficient (Wildman–Crippen LogP) is 3.86. The first-order valence-electron chi connectivity index (χ1n) is 6.48. The van der Waals surface area contributed by atoms with Gasteiger partial charge in [0.05, 0.1) is 7.11 Å². The third-order valence-electron chi connectivity index (χ3n) is 3.53. The first-order chi connectivity index (χ1) is 9.28. The quantitative estimate of drug-likeness (QED) is 0.882. The second kappa shape index (κ2) is 4.92. The topological polar surface area (TPSA) is 21.3 Å². The van der Waals surface area contributed by atoms with Crippen LogP contribution in [0, 0.1) is 5.82 Å². The summed E-state index contributed by atoms with van der Waals surface area (Å²) in [6.45, 7) is 1.03. The van der Waals surface area contributed by atoms with Crippen LogP contribution >= 0.6 is 0 Å². The minimum absolute atomic E-state index is 0.281. The molecule has 2 nitrogen and oxygen atoms in total. The summed E-state index contributed by atoms with van der Waals surface area (Å²) in [5.74, 6) is -0.0424. The van der Waals surface area contributed by atoms with Crippen molar-refractivity contribution in [2.24, 2.45) is 0 Å². The Morgan fingerprint density at radius 1 is 1.11 bits per heavy atom. The van der Waals surface area contributed by atoms with Crippen LogP contribution < -0.4 is 10.1 Å². The number of methoxy groups -OCH3 is 1. The molecule has 0 spiro atoms. The van der Waals surface area contributed by atoms with Crippen LogP contribution in [0.1, 0.15) is 12.0 Å². The number of halogens is 1. The van der Waals surface area contributed by atoms with Crippen molar-refractivity contribution in [3.05, 3.63) is 47.8 Å². The Bertz CT molecular complexity index is 610. The van der Waals surface area contributed by atoms with E-state index in [1.165, 1.54) is 24.4 Å². The summed E-state index contributed by atoms with van der Waals surface area (Å²) in [6.07, 6.45) is 2.22. The lowest BCUT2D eigenvalue weighted by Crippen LogP contribution is -2.11. The van der Waals surface area contributed by atoms with Gasteiger partial charge in [-0.1, -0.05) is 12.1 Å². The number of benzene rings is 2. The fourth-order valence-electron chi connectivity index (χ4n) is 2.50. The number of hydrogen-bond acceptors (Lipinski definition) is 2. The zero-order valence-corrected chi connectivity index (χ0v) is 10.9. The first-order valence-corrected chi connectivity index (χ1v) is 6.48. The van der Waals surface area contributed by atoms with Gasteiger partial charge in [-0.15, -0.1) is 0 Å². The van der Waals surface area contributed by atoms with Crippen molar-refractivity contribution in [2.75, 3.05) is 19.0 Å². The molecule has 0 saturated carbocycles. The van der Waals surface area contributed by atoms with Gasteiger partial charge in [-0.25, -0.2) is 4.39 Å². The number of anilines is 1. The van der Waals surface area contributed by atoms with E-state index in [4.69, 9.17) is 4.74 Å². The standard InChI is InChI=1S/C16H16FNO/c1-19-16-7-5-12(10-14(16)17)11-4-6-15-13(9-11)3-2-8-18-15/h4-7,9-10,18H,2-3,8H2,1H3. The number of nitrogens with one attached hydrogen (secondary N) is 1. The van der Waals surface area contributed by atoms with Gasteiger partial charge in [0.25, 0.3) is 0 Å². The molecule has 1 aliphatic heterocycles. The first kappa shape index (κ1) is 12.0. The van der Waals surface area contributed by atoms with Gasteiger partial charge < -0.3 is 10.1 Å². The fourth-order valence-corrected chi connectivity index (χ4v) is 2.50. The van der Waals surface area contributed by atoms with Crippen molar-refractivity contribution in [3.8, 4) is 16.9 Å². The molecule has 0 aromatic heterocycles. The lowest BCUT2D eigenvalue weighted by Gasteiger charge is -2.18. The van der Waals surface area contributed by atoms with Gasteiger partial charge in [0.15, 0.2) is 11.6 Å². The molecule has 3 rings (SSSR count). The van der Waals surface area contributed by atoms with Crippen LogP contribution in [0.4, 0.5) is 10.1 Å². The summed E-state index contributed by atoms with van der Waals surface area (Å²) in [6, 6.07) is 11.3. The summed E-state index contributed by atoms with van der Waals surface area (Å²) >= 11 is 0. The molecular weight excluding hydrogens is 241 g/mol. The average molecular weight is 257 g/mol. The fraction of sp³-hybridized carbons (Fsp3) is 0.250. The van der Waals surface area contributed by atoms with E-state index in [1.807, 2.05) is 12.1 Å². The van der Waals surface area contributed by atoms with E-state index in [0.717, 1.165) is 30.5 Å². The van der Waals surface area contributed by atoms with Crippen LogP contribution in [0.25, 0.3) is 11.1 Å². The molecule has 0 aliphatic carbocycles. The van der Waals surface area contributed by atoms with E-state index in [2.05, 4.69) is 17.4 Å². The van der Waals surface area contributed by atoms with Gasteiger partial charge in [-0.3, -0.25) is 0 Å². The van der Waals surface area contributed by atoms with Crippen molar-refractivity contribution < 1.29 is 9.13 Å². The highest BCUT2D eigenvalue weighted by atomic mass is 19.1. The molecule has 1 heterocycles. The van der Waals surface area contributed by atoms with Crippen LogP contribution in [-0.4, -0.2) is 13.7 Å². The van der Waals surface area contributed by atoms with E-state index >= 15 is 0 Å². The third-order valence-corrected chi connectivity index (χ3v) is 3.53. The van der Waals surface area contributed by atoms with Crippen molar-refractivity contribution in [3.63, 3.8) is 0 Å². The monoisotopic (exact) mass is 257 g/mol. The lowest BCUT2D eigenvalue weighted by atomic mass is 9.97. The van der Waals surface area contributed by atoms with Gasteiger partial charge in [-0.2, -0.15) is 0 Å². The van der Waals surface area contributed by atoms with Gasteiger partial charge in [-0.05, 0) is 53.8 Å². The van der Waals surface area contributed by atoms with Crippen LogP contribution in [0.2, 0.25) is 0 Å². The second-order valence-corrected chi connectivity index (χ2v) is 4.75. The highest BCUT2D eigenvalue weighted by Crippen LogP contribution is 2.30. The van der Waals surface area contributed by atoms with E-state index in [-0.39, 0.29) is 11.6 Å². The highest BCUT2D eigenvalue weighted by Gasteiger charge is 2.11. The molecule has 1 aliphatic rings. The Hall–Kier alpha value is -2.03. The SMILES string of the molecule is COc1ccc(-c2ccc3c(c2)CCCN3)cc1F. The largest absolute Gasteiger partial charge is 0.494 e. The van der Waals surface area contributed by atoms with Crippen molar-refractivity contribution >= 4 is 5.69 Å². The molecular formula is C16H16FNO. The van der Waals surface area contributed by atoms with Crippen molar-refractivity contribution in [1.29, 1.82) is 0 Å². The Balaban J connectivity index is 2.00. The van der Waals surface area contributed by atoms with Gasteiger partial charge in [0.1, 0.15) is 0 Å². The van der Waals surface area contributed by atoms with E-state index < -0.39 is 0 Å². The molecule has 0 saturated heterocycles. The summed E-state index contributed by atoms with van der Waals surface area (Å²) < 4.78 is 18.7. The molecule has 19 heavy (non-hydrogen) atoms. The molecule has 0 atom stereocenters. The molecule has 0 amide bonds. The second-order valence-electron chi connectivity index (χ2n) is 4.75. The Morgan fingerprint density at radius 3 is 2.68 bits per heavy atom. The number of hydrogen-bond donors (Lipinski definition) is 1. The predicted molar refractivity (Wildman–Crippen MR) is 75.2 cm³/mol.